The topological polar surface area (TPSA) is 9.23 Å². The van der Waals surface area contributed by atoms with Crippen LogP contribution >= 0.6 is 11.6 Å². The van der Waals surface area contributed by atoms with Crippen molar-refractivity contribution in [3.05, 3.63) is 58.1 Å². The standard InChI is InChI=1S/C20H20ClF3O/c1-13-11-15(20(22,23)24)7-9-18(13)25-19-10-8-16(21)12-17(19)14-5-3-2-4-6-14/h7-12,14H,2-6H2,1H3. The second kappa shape index (κ2) is 7.28. The van der Waals surface area contributed by atoms with Gasteiger partial charge >= 0.3 is 6.18 Å². The molecule has 1 nitrogen and oxygen atoms in total. The first-order valence-electron chi connectivity index (χ1n) is 8.50. The van der Waals surface area contributed by atoms with Crippen molar-refractivity contribution in [3.8, 4) is 11.5 Å². The molecule has 1 aliphatic rings. The van der Waals surface area contributed by atoms with Gasteiger partial charge in [-0.2, -0.15) is 13.2 Å². The number of hydrogen-bond donors (Lipinski definition) is 0. The van der Waals surface area contributed by atoms with E-state index in [0.717, 1.165) is 30.5 Å². The minimum absolute atomic E-state index is 0.386. The highest BCUT2D eigenvalue weighted by Gasteiger charge is 2.31. The summed E-state index contributed by atoms with van der Waals surface area (Å²) in [5.41, 5.74) is 0.840. The number of ether oxygens (including phenoxy) is 1. The quantitative estimate of drug-likeness (QED) is 0.544. The molecule has 0 bridgehead atoms. The van der Waals surface area contributed by atoms with Crippen molar-refractivity contribution in [1.29, 1.82) is 0 Å². The Morgan fingerprint density at radius 3 is 2.28 bits per heavy atom. The van der Waals surface area contributed by atoms with Crippen molar-refractivity contribution in [2.75, 3.05) is 0 Å². The molecule has 2 aromatic rings. The van der Waals surface area contributed by atoms with Crippen molar-refractivity contribution in [2.24, 2.45) is 0 Å². The highest BCUT2D eigenvalue weighted by atomic mass is 35.5. The second-order valence-corrected chi connectivity index (χ2v) is 7.03. The molecule has 25 heavy (non-hydrogen) atoms. The maximum absolute atomic E-state index is 12.8. The van der Waals surface area contributed by atoms with Crippen LogP contribution in [0.2, 0.25) is 5.02 Å². The molecule has 0 heterocycles. The summed E-state index contributed by atoms with van der Waals surface area (Å²) in [6.45, 7) is 1.63. The Hall–Kier alpha value is -1.68. The van der Waals surface area contributed by atoms with E-state index in [4.69, 9.17) is 16.3 Å². The van der Waals surface area contributed by atoms with Crippen LogP contribution < -0.4 is 4.74 Å². The molecule has 0 aliphatic heterocycles. The zero-order valence-corrected chi connectivity index (χ0v) is 14.8. The molecular formula is C20H20ClF3O. The number of alkyl halides is 3. The van der Waals surface area contributed by atoms with Gasteiger partial charge < -0.3 is 4.74 Å². The smallest absolute Gasteiger partial charge is 0.416 e. The van der Waals surface area contributed by atoms with Crippen molar-refractivity contribution in [2.45, 2.75) is 51.1 Å². The van der Waals surface area contributed by atoms with Gasteiger partial charge in [-0.25, -0.2) is 0 Å². The second-order valence-electron chi connectivity index (χ2n) is 6.60. The van der Waals surface area contributed by atoms with E-state index in [1.807, 2.05) is 12.1 Å². The Kier molecular flexibility index (Phi) is 5.28. The third-order valence-electron chi connectivity index (χ3n) is 4.74. The van der Waals surface area contributed by atoms with Crippen LogP contribution in [-0.4, -0.2) is 0 Å². The van der Waals surface area contributed by atoms with E-state index in [1.165, 1.54) is 25.3 Å². The minimum Gasteiger partial charge on any atom is -0.457 e. The number of rotatable bonds is 3. The summed E-state index contributed by atoms with van der Waals surface area (Å²) >= 11 is 6.16. The SMILES string of the molecule is Cc1cc(C(F)(F)F)ccc1Oc1ccc(Cl)cc1C1CCCCC1. The summed E-state index contributed by atoms with van der Waals surface area (Å²) in [4.78, 5) is 0. The normalized spacial score (nSPS) is 16.0. The largest absolute Gasteiger partial charge is 0.457 e. The number of benzene rings is 2. The van der Waals surface area contributed by atoms with Crippen LogP contribution in [0, 0.1) is 6.92 Å². The Balaban J connectivity index is 1.90. The van der Waals surface area contributed by atoms with Gasteiger partial charge in [-0.1, -0.05) is 30.9 Å². The molecule has 0 spiro atoms. The fourth-order valence-corrected chi connectivity index (χ4v) is 3.58. The lowest BCUT2D eigenvalue weighted by Gasteiger charge is -2.24. The molecule has 0 saturated heterocycles. The third kappa shape index (κ3) is 4.30. The van der Waals surface area contributed by atoms with Crippen LogP contribution in [0.25, 0.3) is 0 Å². The average molecular weight is 369 g/mol. The van der Waals surface area contributed by atoms with Gasteiger partial charge in [0.2, 0.25) is 0 Å². The van der Waals surface area contributed by atoms with Crippen LogP contribution in [0.3, 0.4) is 0 Å². The monoisotopic (exact) mass is 368 g/mol. The molecule has 134 valence electrons. The molecule has 0 unspecified atom stereocenters. The van der Waals surface area contributed by atoms with Gasteiger partial charge in [0.15, 0.2) is 0 Å². The molecule has 0 N–H and O–H groups in total. The maximum atomic E-state index is 12.8. The van der Waals surface area contributed by atoms with E-state index in [1.54, 1.807) is 13.0 Å². The Morgan fingerprint density at radius 2 is 1.64 bits per heavy atom. The summed E-state index contributed by atoms with van der Waals surface area (Å²) < 4.78 is 44.5. The highest BCUT2D eigenvalue weighted by Crippen LogP contribution is 2.41. The molecular weight excluding hydrogens is 349 g/mol. The molecule has 2 aromatic carbocycles. The third-order valence-corrected chi connectivity index (χ3v) is 4.97. The predicted molar refractivity (Wildman–Crippen MR) is 93.5 cm³/mol. The van der Waals surface area contributed by atoms with E-state index >= 15 is 0 Å². The zero-order valence-electron chi connectivity index (χ0n) is 14.0. The summed E-state index contributed by atoms with van der Waals surface area (Å²) in [5, 5.41) is 0.650. The summed E-state index contributed by atoms with van der Waals surface area (Å²) in [5.74, 6) is 1.50. The van der Waals surface area contributed by atoms with E-state index in [-0.39, 0.29) is 0 Å². The first-order valence-corrected chi connectivity index (χ1v) is 8.87. The average Bonchev–Trinajstić information content (AvgIpc) is 2.58. The molecule has 0 radical (unpaired) electrons. The van der Waals surface area contributed by atoms with Crippen LogP contribution in [0.1, 0.15) is 54.7 Å². The summed E-state index contributed by atoms with van der Waals surface area (Å²) in [6, 6.07) is 9.04. The van der Waals surface area contributed by atoms with Gasteiger partial charge in [0, 0.05) is 5.02 Å². The van der Waals surface area contributed by atoms with Crippen LogP contribution in [-0.2, 0) is 6.18 Å². The van der Waals surface area contributed by atoms with Gasteiger partial charge in [0.25, 0.3) is 0 Å². The number of aryl methyl sites for hydroxylation is 1. The van der Waals surface area contributed by atoms with Crippen molar-refractivity contribution >= 4 is 11.6 Å². The predicted octanol–water partition coefficient (Wildman–Crippen LogP) is 7.51. The molecule has 1 saturated carbocycles. The Labute approximate surface area is 150 Å². The van der Waals surface area contributed by atoms with Gasteiger partial charge in [-0.15, -0.1) is 0 Å². The molecule has 1 fully saturated rings. The van der Waals surface area contributed by atoms with Crippen molar-refractivity contribution in [1.82, 2.24) is 0 Å². The van der Waals surface area contributed by atoms with E-state index < -0.39 is 11.7 Å². The molecule has 1 aliphatic carbocycles. The van der Waals surface area contributed by atoms with Gasteiger partial charge in [-0.05, 0) is 73.2 Å². The molecule has 0 aromatic heterocycles. The fraction of sp³-hybridized carbons (Fsp3) is 0.400. The van der Waals surface area contributed by atoms with Crippen molar-refractivity contribution < 1.29 is 17.9 Å². The molecule has 5 heteroatoms. The van der Waals surface area contributed by atoms with E-state index in [0.29, 0.717) is 28.0 Å². The molecule has 0 amide bonds. The van der Waals surface area contributed by atoms with Crippen LogP contribution in [0.15, 0.2) is 36.4 Å². The Morgan fingerprint density at radius 1 is 0.960 bits per heavy atom. The summed E-state index contributed by atoms with van der Waals surface area (Å²) in [7, 11) is 0. The zero-order chi connectivity index (χ0) is 18.0. The van der Waals surface area contributed by atoms with Gasteiger partial charge in [0.1, 0.15) is 11.5 Å². The lowest BCUT2D eigenvalue weighted by molar-refractivity contribution is -0.137. The van der Waals surface area contributed by atoms with Crippen LogP contribution in [0.4, 0.5) is 13.2 Å². The van der Waals surface area contributed by atoms with E-state index in [9.17, 15) is 13.2 Å². The minimum atomic E-state index is -4.35. The van der Waals surface area contributed by atoms with Crippen molar-refractivity contribution in [3.63, 3.8) is 0 Å². The highest BCUT2D eigenvalue weighted by molar-refractivity contribution is 6.30. The number of hydrogen-bond acceptors (Lipinski definition) is 1. The molecule has 3 rings (SSSR count). The Bertz CT molecular complexity index is 749. The maximum Gasteiger partial charge on any atom is 0.416 e. The number of halogens is 4. The first kappa shape index (κ1) is 18.1. The molecule has 0 atom stereocenters. The fourth-order valence-electron chi connectivity index (χ4n) is 3.40. The summed E-state index contributed by atoms with van der Waals surface area (Å²) in [6.07, 6.45) is 1.42. The van der Waals surface area contributed by atoms with Crippen LogP contribution in [0.5, 0.6) is 11.5 Å². The van der Waals surface area contributed by atoms with Gasteiger partial charge in [-0.3, -0.25) is 0 Å². The van der Waals surface area contributed by atoms with Gasteiger partial charge in [0.05, 0.1) is 5.56 Å². The lowest BCUT2D eigenvalue weighted by Crippen LogP contribution is -2.07. The van der Waals surface area contributed by atoms with E-state index in [2.05, 4.69) is 0 Å². The first-order chi connectivity index (χ1) is 11.8. The lowest BCUT2D eigenvalue weighted by atomic mass is 9.83.